The van der Waals surface area contributed by atoms with Gasteiger partial charge in [-0.2, -0.15) is 0 Å². The summed E-state index contributed by atoms with van der Waals surface area (Å²) >= 11 is 0. The second kappa shape index (κ2) is 6.68. The van der Waals surface area contributed by atoms with Crippen LogP contribution in [0.2, 0.25) is 0 Å². The predicted octanol–water partition coefficient (Wildman–Crippen LogP) is 1.34. The molecule has 1 fully saturated rings. The Hall–Kier alpha value is 0.0600. The minimum absolute atomic E-state index is 0.0232. The van der Waals surface area contributed by atoms with Crippen LogP contribution in [0.4, 0.5) is 0 Å². The van der Waals surface area contributed by atoms with Crippen molar-refractivity contribution in [3.63, 3.8) is 0 Å². The molecule has 0 saturated heterocycles. The largest absolute Gasteiger partial charge is 0.313 e. The minimum Gasteiger partial charge on any atom is -0.313 e. The molecule has 1 saturated carbocycles. The summed E-state index contributed by atoms with van der Waals surface area (Å²) in [4.78, 5) is 0. The van der Waals surface area contributed by atoms with Gasteiger partial charge in [-0.25, -0.2) is 8.42 Å². The Morgan fingerprint density at radius 1 is 1.37 bits per heavy atom. The lowest BCUT2D eigenvalue weighted by Crippen LogP contribution is -2.49. The number of nitrogens with one attached hydrogen (secondary N) is 1. The van der Waals surface area contributed by atoms with E-state index in [1.165, 1.54) is 6.26 Å². The number of hydrogen-bond acceptors (Lipinski definition) is 4. The molecule has 0 spiro atoms. The van der Waals surface area contributed by atoms with Gasteiger partial charge in [0, 0.05) is 28.9 Å². The van der Waals surface area contributed by atoms with Gasteiger partial charge in [0.25, 0.3) is 0 Å². The number of sulfone groups is 1. The fourth-order valence-corrected chi connectivity index (χ4v) is 6.08. The molecule has 0 radical (unpaired) electrons. The molecule has 1 N–H and O–H groups in total. The van der Waals surface area contributed by atoms with Crippen molar-refractivity contribution in [1.29, 1.82) is 0 Å². The highest BCUT2D eigenvalue weighted by atomic mass is 32.2. The van der Waals surface area contributed by atoms with E-state index in [4.69, 9.17) is 0 Å². The SMILES string of the molecule is CCNC1CCC(C)(C)CC1S(=O)CCS(C)(=O)=O. The van der Waals surface area contributed by atoms with Crippen LogP contribution in [0, 0.1) is 5.41 Å². The van der Waals surface area contributed by atoms with Crippen molar-refractivity contribution in [3.05, 3.63) is 0 Å². The van der Waals surface area contributed by atoms with Crippen LogP contribution in [0.15, 0.2) is 0 Å². The van der Waals surface area contributed by atoms with Gasteiger partial charge in [-0.3, -0.25) is 4.21 Å². The van der Waals surface area contributed by atoms with Crippen molar-refractivity contribution in [2.75, 3.05) is 24.3 Å². The molecule has 1 aliphatic rings. The van der Waals surface area contributed by atoms with Gasteiger partial charge >= 0.3 is 0 Å². The molecular weight excluding hydrogens is 282 g/mol. The minimum atomic E-state index is -3.03. The predicted molar refractivity (Wildman–Crippen MR) is 81.6 cm³/mol. The zero-order valence-electron chi connectivity index (χ0n) is 12.4. The molecule has 0 bridgehead atoms. The molecule has 0 amide bonds. The lowest BCUT2D eigenvalue weighted by Gasteiger charge is -2.40. The lowest BCUT2D eigenvalue weighted by atomic mass is 9.75. The van der Waals surface area contributed by atoms with E-state index in [9.17, 15) is 12.6 Å². The molecule has 0 heterocycles. The number of rotatable bonds is 6. The van der Waals surface area contributed by atoms with Gasteiger partial charge in [0.15, 0.2) is 0 Å². The van der Waals surface area contributed by atoms with Crippen LogP contribution in [0.25, 0.3) is 0 Å². The molecule has 4 nitrogen and oxygen atoms in total. The molecular formula is C13H27NO3S2. The third-order valence-corrected chi connectivity index (χ3v) is 6.78. The zero-order valence-corrected chi connectivity index (χ0v) is 14.1. The van der Waals surface area contributed by atoms with E-state index in [0.29, 0.717) is 0 Å². The Morgan fingerprint density at radius 3 is 2.53 bits per heavy atom. The lowest BCUT2D eigenvalue weighted by molar-refractivity contribution is 0.213. The van der Waals surface area contributed by atoms with Crippen LogP contribution >= 0.6 is 0 Å². The van der Waals surface area contributed by atoms with Crippen molar-refractivity contribution in [2.24, 2.45) is 5.41 Å². The normalized spacial score (nSPS) is 29.1. The molecule has 0 aromatic carbocycles. The zero-order chi connectivity index (χ0) is 14.7. The summed E-state index contributed by atoms with van der Waals surface area (Å²) in [7, 11) is -4.10. The summed E-state index contributed by atoms with van der Waals surface area (Å²) in [6.07, 6.45) is 4.26. The van der Waals surface area contributed by atoms with E-state index >= 15 is 0 Å². The van der Waals surface area contributed by atoms with Crippen LogP contribution in [-0.2, 0) is 20.6 Å². The highest BCUT2D eigenvalue weighted by molar-refractivity contribution is 7.92. The molecule has 1 rings (SSSR count). The molecule has 0 aromatic rings. The molecule has 0 aliphatic heterocycles. The van der Waals surface area contributed by atoms with E-state index in [-0.39, 0.29) is 28.2 Å². The van der Waals surface area contributed by atoms with Crippen LogP contribution in [0.1, 0.15) is 40.0 Å². The van der Waals surface area contributed by atoms with E-state index in [0.717, 1.165) is 25.8 Å². The monoisotopic (exact) mass is 309 g/mol. The third kappa shape index (κ3) is 5.92. The van der Waals surface area contributed by atoms with Crippen molar-refractivity contribution < 1.29 is 12.6 Å². The first-order valence-electron chi connectivity index (χ1n) is 6.93. The topological polar surface area (TPSA) is 63.2 Å². The van der Waals surface area contributed by atoms with Crippen LogP contribution in [0.3, 0.4) is 0 Å². The average molecular weight is 309 g/mol. The first-order valence-corrected chi connectivity index (χ1v) is 10.4. The standard InChI is InChI=1S/C13H27NO3S2/c1-5-14-11-6-7-13(2,3)10-12(11)18(15)8-9-19(4,16)17/h11-12,14H,5-10H2,1-4H3. The third-order valence-electron chi connectivity index (χ3n) is 3.79. The summed E-state index contributed by atoms with van der Waals surface area (Å²) in [5.74, 6) is 0.289. The smallest absolute Gasteiger partial charge is 0.148 e. The molecule has 6 heteroatoms. The fraction of sp³-hybridized carbons (Fsp3) is 1.00. The van der Waals surface area contributed by atoms with E-state index in [2.05, 4.69) is 26.1 Å². The van der Waals surface area contributed by atoms with Crippen molar-refractivity contribution in [3.8, 4) is 0 Å². The highest BCUT2D eigenvalue weighted by Crippen LogP contribution is 2.37. The van der Waals surface area contributed by atoms with Gasteiger partial charge in [0.05, 0.1) is 11.0 Å². The summed E-state index contributed by atoms with van der Waals surface area (Å²) in [5.41, 5.74) is 0.206. The Balaban J connectivity index is 2.70. The maximum Gasteiger partial charge on any atom is 0.148 e. The first kappa shape index (κ1) is 17.1. The fourth-order valence-electron chi connectivity index (χ4n) is 2.68. The highest BCUT2D eigenvalue weighted by Gasteiger charge is 2.37. The molecule has 3 unspecified atom stereocenters. The molecule has 19 heavy (non-hydrogen) atoms. The summed E-state index contributed by atoms with van der Waals surface area (Å²) in [6.45, 7) is 7.33. The van der Waals surface area contributed by atoms with Gasteiger partial charge in [-0.1, -0.05) is 20.8 Å². The van der Waals surface area contributed by atoms with Gasteiger partial charge in [-0.05, 0) is 31.2 Å². The Labute approximate surface area is 120 Å². The molecule has 1 aliphatic carbocycles. The Morgan fingerprint density at radius 2 is 2.00 bits per heavy atom. The maximum absolute atomic E-state index is 12.4. The van der Waals surface area contributed by atoms with E-state index in [1.807, 2.05) is 0 Å². The molecule has 3 atom stereocenters. The average Bonchev–Trinajstić information content (AvgIpc) is 2.27. The van der Waals surface area contributed by atoms with E-state index in [1.54, 1.807) is 0 Å². The Kier molecular flexibility index (Phi) is 6.01. The quantitative estimate of drug-likeness (QED) is 0.804. The van der Waals surface area contributed by atoms with Crippen molar-refractivity contribution in [1.82, 2.24) is 5.32 Å². The van der Waals surface area contributed by atoms with Gasteiger partial charge < -0.3 is 5.32 Å². The first-order chi connectivity index (χ1) is 8.64. The summed E-state index contributed by atoms with van der Waals surface area (Å²) in [5, 5.41) is 3.48. The molecule has 114 valence electrons. The number of hydrogen-bond donors (Lipinski definition) is 1. The van der Waals surface area contributed by atoms with Crippen molar-refractivity contribution >= 4 is 20.6 Å². The van der Waals surface area contributed by atoms with Gasteiger partial charge in [0.2, 0.25) is 0 Å². The van der Waals surface area contributed by atoms with Crippen molar-refractivity contribution in [2.45, 2.75) is 51.3 Å². The molecule has 0 aromatic heterocycles. The van der Waals surface area contributed by atoms with E-state index < -0.39 is 20.6 Å². The van der Waals surface area contributed by atoms with Crippen LogP contribution < -0.4 is 5.32 Å². The van der Waals surface area contributed by atoms with Crippen LogP contribution in [-0.4, -0.2) is 48.2 Å². The summed E-state index contributed by atoms with van der Waals surface area (Å²) < 4.78 is 34.8. The van der Waals surface area contributed by atoms with Gasteiger partial charge in [-0.15, -0.1) is 0 Å². The van der Waals surface area contributed by atoms with Gasteiger partial charge in [0.1, 0.15) is 9.84 Å². The summed E-state index contributed by atoms with van der Waals surface area (Å²) in [6, 6.07) is 0.262. The van der Waals surface area contributed by atoms with Crippen LogP contribution in [0.5, 0.6) is 0 Å². The second-order valence-corrected chi connectivity index (χ2v) is 10.4. The second-order valence-electron chi connectivity index (χ2n) is 6.32. The Bertz CT molecular complexity index is 418. The maximum atomic E-state index is 12.4.